The predicted molar refractivity (Wildman–Crippen MR) is 559 cm³/mol. The van der Waals surface area contributed by atoms with Gasteiger partial charge in [0.25, 0.3) is 0 Å². The molecule has 0 saturated heterocycles. The highest BCUT2D eigenvalue weighted by molar-refractivity contribution is 6.25. The van der Waals surface area contributed by atoms with Crippen LogP contribution in [0.15, 0.2) is 341 Å². The molecule has 8 aliphatic carbocycles. The van der Waals surface area contributed by atoms with Crippen LogP contribution in [-0.2, 0) is 51.4 Å². The third kappa shape index (κ3) is 10.2. The molecule has 28 aromatic rings. The summed E-state index contributed by atoms with van der Waals surface area (Å²) in [6.45, 7) is 0. The molecule has 0 atom stereocenters. The SMILES string of the molecule is c1ccc2c(c1)Cc1c-2ccc2c1Cc1ccc3c(c1-2)c1cccnc1n1c2cccnc2nc31.c1ccc2c(c1)Cc1cc3c(cc1-2)-c1c(ccc2c1c1cccnc1n1c4cccnc4nc21)C3.c1ccc2c(c1)Cc1cc3c(cc1-2)Cc1ccc2c(c1-3)c1cccnc1n1c3cccnc3nc21.c1ccc2c(c1)Cc1ccc3c(c1-2)Cc1ccc2c(c1-3)c1cccnc1n1c3cccnc3nc21. The van der Waals surface area contributed by atoms with Crippen LogP contribution < -0.4 is 0 Å². The fraction of sp³-hybridized carbons (Fsp3) is 0.0645. The molecule has 16 nitrogen and oxygen atoms in total. The van der Waals surface area contributed by atoms with Gasteiger partial charge in [-0.15, -0.1) is 0 Å². The smallest absolute Gasteiger partial charge is 0.178 e. The van der Waals surface area contributed by atoms with Gasteiger partial charge in [0.2, 0.25) is 0 Å². The highest BCUT2D eigenvalue weighted by Gasteiger charge is 2.37. The molecular formula is C124H72N16. The molecular weight excluding hydrogens is 1710 g/mol. The molecule has 16 aromatic heterocycles. The Morgan fingerprint density at radius 3 is 0.886 bits per heavy atom. The van der Waals surface area contributed by atoms with E-state index in [0.717, 1.165) is 184 Å². The lowest BCUT2D eigenvalue weighted by molar-refractivity contribution is 1.16. The first kappa shape index (κ1) is 75.1. The molecule has 0 bridgehead atoms. The molecule has 36 rings (SSSR count). The van der Waals surface area contributed by atoms with Gasteiger partial charge < -0.3 is 0 Å². The third-order valence-corrected chi connectivity index (χ3v) is 31.7. The maximum atomic E-state index is 4.97. The van der Waals surface area contributed by atoms with Gasteiger partial charge in [-0.3, -0.25) is 17.6 Å². The highest BCUT2D eigenvalue weighted by atomic mass is 15.1. The van der Waals surface area contributed by atoms with Crippen LogP contribution in [0.5, 0.6) is 0 Å². The second-order valence-electron chi connectivity index (χ2n) is 38.7. The van der Waals surface area contributed by atoms with Crippen molar-refractivity contribution < 1.29 is 0 Å². The van der Waals surface area contributed by atoms with E-state index in [-0.39, 0.29) is 0 Å². The molecule has 0 spiro atoms. The van der Waals surface area contributed by atoms with Crippen molar-refractivity contribution in [2.24, 2.45) is 0 Å². The topological polar surface area (TPSA) is 172 Å². The number of rotatable bonds is 0. The van der Waals surface area contributed by atoms with Crippen molar-refractivity contribution in [1.82, 2.24) is 77.4 Å². The number of fused-ring (bicyclic) bond motifs is 62. The molecule has 0 unspecified atom stereocenters. The molecule has 0 saturated carbocycles. The van der Waals surface area contributed by atoms with Crippen LogP contribution in [0.25, 0.3) is 243 Å². The fourth-order valence-electron chi connectivity index (χ4n) is 26.0. The first-order valence-corrected chi connectivity index (χ1v) is 48.2. The molecule has 16 heteroatoms. The lowest BCUT2D eigenvalue weighted by atomic mass is 9.93. The van der Waals surface area contributed by atoms with Crippen molar-refractivity contribution in [1.29, 1.82) is 0 Å². The summed E-state index contributed by atoms with van der Waals surface area (Å²) in [6, 6.07) is 106. The molecule has 0 N–H and O–H groups in total. The molecule has 140 heavy (non-hydrogen) atoms. The summed E-state index contributed by atoms with van der Waals surface area (Å²) in [7, 11) is 0. The quantitative estimate of drug-likeness (QED) is 0.132. The lowest BCUT2D eigenvalue weighted by Gasteiger charge is -2.13. The highest BCUT2D eigenvalue weighted by Crippen LogP contribution is 2.57. The zero-order chi connectivity index (χ0) is 90.7. The summed E-state index contributed by atoms with van der Waals surface area (Å²) in [6.07, 6.45) is 22.6. The summed E-state index contributed by atoms with van der Waals surface area (Å²) in [4.78, 5) is 57.4. The van der Waals surface area contributed by atoms with E-state index in [4.69, 9.17) is 39.9 Å². The van der Waals surface area contributed by atoms with Crippen LogP contribution in [0.1, 0.15) is 89.0 Å². The Labute approximate surface area is 796 Å². The van der Waals surface area contributed by atoms with Crippen molar-refractivity contribution in [3.05, 3.63) is 430 Å². The monoisotopic (exact) mass is 1780 g/mol. The minimum absolute atomic E-state index is 0.752. The van der Waals surface area contributed by atoms with Gasteiger partial charge >= 0.3 is 0 Å². The first-order chi connectivity index (χ1) is 69.4. The summed E-state index contributed by atoms with van der Waals surface area (Å²) in [5, 5.41) is 14.2. The van der Waals surface area contributed by atoms with Crippen LogP contribution in [0.2, 0.25) is 0 Å². The average molecular weight is 1790 g/mol. The van der Waals surface area contributed by atoms with Gasteiger partial charge in [0.1, 0.15) is 45.2 Å². The number of hydrogen-bond donors (Lipinski definition) is 0. The van der Waals surface area contributed by atoms with E-state index in [2.05, 4.69) is 280 Å². The Hall–Kier alpha value is -18.3. The van der Waals surface area contributed by atoms with Crippen molar-refractivity contribution in [2.75, 3.05) is 0 Å². The average Bonchev–Trinajstić information content (AvgIpc) is 1.51. The molecule has 16 heterocycles. The minimum atomic E-state index is 0.752. The van der Waals surface area contributed by atoms with Gasteiger partial charge in [-0.1, -0.05) is 176 Å². The maximum absolute atomic E-state index is 4.97. The Bertz CT molecular complexity index is 10300. The Balaban J connectivity index is 0.0000000829. The zero-order valence-corrected chi connectivity index (χ0v) is 75.1. The van der Waals surface area contributed by atoms with Crippen LogP contribution in [0.3, 0.4) is 0 Å². The Kier molecular flexibility index (Phi) is 14.9. The second kappa shape index (κ2) is 27.7. The standard InChI is InChI=1S/4C31H18N4/c1-2-6-20-17(5-1)15-18-9-11-21-24(26(18)20)16-19-10-12-23-28(27(19)21)22-7-3-14-33-30(22)35-25-8-4-13-32-29(25)34-31(23)35;1-2-6-19-17(5-1)15-24-20(19)11-12-21-25(24)16-18-9-10-23-28(27(18)21)22-7-3-14-33-30(22)35-26-8-4-13-32-29(26)34-31(23)35;1-2-6-21-17(5-1)13-19-16-25-20(15-24(19)21)14-18-9-10-23-28(27(18)25)22-7-3-12-33-30(22)35-26-8-4-11-32-29(26)34-31(23)35;1-2-6-21-17(5-1)13-19-15-20-14-18-9-10-23-28(27(18)25(20)16-24(19)21)22-7-3-12-33-30(22)35-26-8-4-11-32-29(26)34-31(23)35/h2*1-14H,15-16H2;2*1-12,15-16H,13-14H2. The van der Waals surface area contributed by atoms with Crippen LogP contribution >= 0.6 is 0 Å². The van der Waals surface area contributed by atoms with Crippen LogP contribution in [0, 0.1) is 0 Å². The number of benzene rings is 12. The lowest BCUT2D eigenvalue weighted by Crippen LogP contribution is -1.95. The summed E-state index contributed by atoms with van der Waals surface area (Å²) < 4.78 is 8.67. The Morgan fingerprint density at radius 2 is 0.429 bits per heavy atom. The maximum Gasteiger partial charge on any atom is 0.178 e. The van der Waals surface area contributed by atoms with E-state index in [1.165, 1.54) is 200 Å². The number of imidazole rings is 4. The van der Waals surface area contributed by atoms with Crippen molar-refractivity contribution in [3.8, 4) is 89.0 Å². The zero-order valence-electron chi connectivity index (χ0n) is 75.1. The first-order valence-electron chi connectivity index (χ1n) is 48.2. The molecule has 0 amide bonds. The van der Waals surface area contributed by atoms with Crippen molar-refractivity contribution in [3.63, 3.8) is 0 Å². The minimum Gasteiger partial charge on any atom is -0.274 e. The van der Waals surface area contributed by atoms with E-state index in [1.807, 2.05) is 73.3 Å². The van der Waals surface area contributed by atoms with Gasteiger partial charge in [0, 0.05) is 114 Å². The van der Waals surface area contributed by atoms with E-state index in [9.17, 15) is 0 Å². The third-order valence-electron chi connectivity index (χ3n) is 31.7. The van der Waals surface area contributed by atoms with Gasteiger partial charge in [-0.05, 0) is 345 Å². The van der Waals surface area contributed by atoms with E-state index in [1.54, 1.807) is 24.8 Å². The summed E-state index contributed by atoms with van der Waals surface area (Å²) >= 11 is 0. The van der Waals surface area contributed by atoms with Gasteiger partial charge in [0.15, 0.2) is 22.6 Å². The fourth-order valence-corrected chi connectivity index (χ4v) is 26.0. The van der Waals surface area contributed by atoms with Crippen LogP contribution in [0.4, 0.5) is 0 Å². The molecule has 0 fully saturated rings. The molecule has 0 radical (unpaired) electrons. The normalized spacial score (nSPS) is 13.5. The number of hydrogen-bond acceptors (Lipinski definition) is 12. The molecule has 12 aromatic carbocycles. The van der Waals surface area contributed by atoms with Crippen LogP contribution in [-0.4, -0.2) is 77.4 Å². The molecule has 648 valence electrons. The van der Waals surface area contributed by atoms with E-state index < -0.39 is 0 Å². The van der Waals surface area contributed by atoms with E-state index in [0.29, 0.717) is 0 Å². The number of aromatic nitrogens is 16. The predicted octanol–water partition coefficient (Wildman–Crippen LogP) is 26.9. The largest absolute Gasteiger partial charge is 0.274 e. The number of nitrogens with zero attached hydrogens (tertiary/aromatic N) is 16. The van der Waals surface area contributed by atoms with E-state index >= 15 is 0 Å². The van der Waals surface area contributed by atoms with Crippen molar-refractivity contribution in [2.45, 2.75) is 51.4 Å². The second-order valence-corrected chi connectivity index (χ2v) is 38.7. The van der Waals surface area contributed by atoms with Gasteiger partial charge in [-0.2, -0.15) is 0 Å². The molecule has 0 aliphatic heterocycles. The molecule has 8 aliphatic rings. The Morgan fingerprint density at radius 1 is 0.157 bits per heavy atom. The van der Waals surface area contributed by atoms with Gasteiger partial charge in [-0.25, -0.2) is 59.8 Å². The van der Waals surface area contributed by atoms with Crippen molar-refractivity contribution >= 4 is 154 Å². The van der Waals surface area contributed by atoms with Gasteiger partial charge in [0.05, 0.1) is 22.1 Å². The number of pyridine rings is 12. The summed E-state index contributed by atoms with van der Waals surface area (Å²) in [5.41, 5.74) is 59.2. The summed E-state index contributed by atoms with van der Waals surface area (Å²) in [5.74, 6) is 0.